The molecule has 3 aromatic carbocycles. The average Bonchev–Trinajstić information content (AvgIpc) is 3.00. The molecule has 0 saturated heterocycles. The SMILES string of the molecule is CCn1c2ccccc2c2cc(CNc3cc(C(=O)O)ccc3C)ccc21. The fourth-order valence-electron chi connectivity index (χ4n) is 3.69. The zero-order chi connectivity index (χ0) is 19.0. The van der Waals surface area contributed by atoms with Gasteiger partial charge < -0.3 is 15.0 Å². The molecule has 4 rings (SSSR count). The zero-order valence-corrected chi connectivity index (χ0v) is 15.5. The number of rotatable bonds is 5. The van der Waals surface area contributed by atoms with E-state index in [-0.39, 0.29) is 0 Å². The second-order valence-electron chi connectivity index (χ2n) is 6.80. The van der Waals surface area contributed by atoms with Crippen LogP contribution in [-0.2, 0) is 13.1 Å². The first-order chi connectivity index (χ1) is 13.1. The zero-order valence-electron chi connectivity index (χ0n) is 15.5. The van der Waals surface area contributed by atoms with Crippen molar-refractivity contribution in [3.05, 3.63) is 77.4 Å². The Morgan fingerprint density at radius 3 is 2.56 bits per heavy atom. The topological polar surface area (TPSA) is 54.3 Å². The number of aryl methyl sites for hydroxylation is 2. The van der Waals surface area contributed by atoms with Crippen LogP contribution in [0.1, 0.15) is 28.4 Å². The first-order valence-corrected chi connectivity index (χ1v) is 9.16. The average molecular weight is 358 g/mol. The number of hydrogen-bond donors (Lipinski definition) is 2. The summed E-state index contributed by atoms with van der Waals surface area (Å²) in [6.45, 7) is 5.72. The Morgan fingerprint density at radius 1 is 1.00 bits per heavy atom. The lowest BCUT2D eigenvalue weighted by Crippen LogP contribution is -2.04. The molecule has 0 radical (unpaired) electrons. The second kappa shape index (κ2) is 6.80. The smallest absolute Gasteiger partial charge is 0.335 e. The van der Waals surface area contributed by atoms with Gasteiger partial charge in [-0.1, -0.05) is 30.3 Å². The molecule has 2 N–H and O–H groups in total. The molecule has 0 spiro atoms. The molecule has 1 heterocycles. The summed E-state index contributed by atoms with van der Waals surface area (Å²) < 4.78 is 2.34. The molecule has 0 bridgehead atoms. The molecule has 136 valence electrons. The van der Waals surface area contributed by atoms with Gasteiger partial charge in [0, 0.05) is 40.6 Å². The lowest BCUT2D eigenvalue weighted by Gasteiger charge is -2.11. The highest BCUT2D eigenvalue weighted by atomic mass is 16.4. The first kappa shape index (κ1) is 17.2. The van der Waals surface area contributed by atoms with Crippen molar-refractivity contribution in [1.82, 2.24) is 4.57 Å². The molecule has 4 nitrogen and oxygen atoms in total. The van der Waals surface area contributed by atoms with Gasteiger partial charge in [-0.15, -0.1) is 0 Å². The summed E-state index contributed by atoms with van der Waals surface area (Å²) in [5.74, 6) is -0.910. The highest BCUT2D eigenvalue weighted by Gasteiger charge is 2.10. The van der Waals surface area contributed by atoms with E-state index in [9.17, 15) is 9.90 Å². The molecular weight excluding hydrogens is 336 g/mol. The highest BCUT2D eigenvalue weighted by Crippen LogP contribution is 2.30. The summed E-state index contributed by atoms with van der Waals surface area (Å²) >= 11 is 0. The number of aromatic nitrogens is 1. The van der Waals surface area contributed by atoms with Crippen LogP contribution < -0.4 is 5.32 Å². The standard InChI is InChI=1S/C23H22N2O2/c1-3-25-21-7-5-4-6-18(21)19-12-16(9-11-22(19)25)14-24-20-13-17(23(26)27)10-8-15(20)2/h4-13,24H,3,14H2,1-2H3,(H,26,27). The number of aromatic carboxylic acids is 1. The van der Waals surface area contributed by atoms with E-state index in [0.29, 0.717) is 12.1 Å². The molecule has 1 aromatic heterocycles. The number of hydrogen-bond acceptors (Lipinski definition) is 2. The summed E-state index contributed by atoms with van der Waals surface area (Å²) in [7, 11) is 0. The van der Waals surface area contributed by atoms with Gasteiger partial charge in [0.15, 0.2) is 0 Å². The minimum absolute atomic E-state index is 0.296. The maximum absolute atomic E-state index is 11.2. The van der Waals surface area contributed by atoms with Crippen molar-refractivity contribution >= 4 is 33.5 Å². The molecule has 0 aliphatic carbocycles. The van der Waals surface area contributed by atoms with Gasteiger partial charge in [0.05, 0.1) is 5.56 Å². The van der Waals surface area contributed by atoms with Crippen LogP contribution in [0.15, 0.2) is 60.7 Å². The Hall–Kier alpha value is -3.27. The number of nitrogens with one attached hydrogen (secondary N) is 1. The normalized spacial score (nSPS) is 11.2. The number of carbonyl (C=O) groups is 1. The lowest BCUT2D eigenvalue weighted by molar-refractivity contribution is 0.0697. The molecule has 4 heteroatoms. The van der Waals surface area contributed by atoms with E-state index in [0.717, 1.165) is 17.8 Å². The van der Waals surface area contributed by atoms with Crippen molar-refractivity contribution in [3.63, 3.8) is 0 Å². The van der Waals surface area contributed by atoms with Crippen molar-refractivity contribution in [2.24, 2.45) is 0 Å². The summed E-state index contributed by atoms with van der Waals surface area (Å²) in [6, 6.07) is 20.2. The van der Waals surface area contributed by atoms with Crippen molar-refractivity contribution < 1.29 is 9.90 Å². The molecule has 0 saturated carbocycles. The van der Waals surface area contributed by atoms with Crippen LogP contribution in [0, 0.1) is 6.92 Å². The van der Waals surface area contributed by atoms with Crippen LogP contribution in [0.2, 0.25) is 0 Å². The summed E-state index contributed by atoms with van der Waals surface area (Å²) in [4.78, 5) is 11.2. The van der Waals surface area contributed by atoms with Crippen LogP contribution in [0.5, 0.6) is 0 Å². The summed E-state index contributed by atoms with van der Waals surface area (Å²) in [5, 5.41) is 15.1. The largest absolute Gasteiger partial charge is 0.478 e. The quantitative estimate of drug-likeness (QED) is 0.500. The van der Waals surface area contributed by atoms with Crippen LogP contribution in [0.25, 0.3) is 21.8 Å². The van der Waals surface area contributed by atoms with Gasteiger partial charge in [0.2, 0.25) is 0 Å². The number of para-hydroxylation sites is 1. The van der Waals surface area contributed by atoms with Crippen molar-refractivity contribution in [2.45, 2.75) is 26.9 Å². The monoisotopic (exact) mass is 358 g/mol. The van der Waals surface area contributed by atoms with Gasteiger partial charge in [0.25, 0.3) is 0 Å². The third kappa shape index (κ3) is 3.04. The minimum Gasteiger partial charge on any atom is -0.478 e. The first-order valence-electron chi connectivity index (χ1n) is 9.16. The third-order valence-corrected chi connectivity index (χ3v) is 5.12. The van der Waals surface area contributed by atoms with E-state index in [4.69, 9.17) is 0 Å². The van der Waals surface area contributed by atoms with Crippen LogP contribution in [-0.4, -0.2) is 15.6 Å². The predicted octanol–water partition coefficient (Wildman–Crippen LogP) is 5.43. The Kier molecular flexibility index (Phi) is 4.32. The van der Waals surface area contributed by atoms with E-state index in [1.807, 2.05) is 13.0 Å². The third-order valence-electron chi connectivity index (χ3n) is 5.12. The van der Waals surface area contributed by atoms with Gasteiger partial charge in [-0.2, -0.15) is 0 Å². The Morgan fingerprint density at radius 2 is 1.78 bits per heavy atom. The Balaban J connectivity index is 1.69. The molecule has 27 heavy (non-hydrogen) atoms. The van der Waals surface area contributed by atoms with Crippen molar-refractivity contribution in [1.29, 1.82) is 0 Å². The predicted molar refractivity (Wildman–Crippen MR) is 111 cm³/mol. The number of fused-ring (bicyclic) bond motifs is 3. The summed E-state index contributed by atoms with van der Waals surface area (Å²) in [6.07, 6.45) is 0. The Labute approximate surface area is 158 Å². The van der Waals surface area contributed by atoms with E-state index in [1.165, 1.54) is 27.4 Å². The van der Waals surface area contributed by atoms with Crippen LogP contribution in [0.3, 0.4) is 0 Å². The van der Waals surface area contributed by atoms with E-state index in [2.05, 4.69) is 59.3 Å². The number of nitrogens with zero attached hydrogens (tertiary/aromatic N) is 1. The van der Waals surface area contributed by atoms with Crippen LogP contribution >= 0.6 is 0 Å². The van der Waals surface area contributed by atoms with E-state index >= 15 is 0 Å². The van der Waals surface area contributed by atoms with E-state index in [1.54, 1.807) is 12.1 Å². The molecule has 0 amide bonds. The molecule has 0 unspecified atom stereocenters. The molecule has 0 aliphatic rings. The minimum atomic E-state index is -0.910. The van der Waals surface area contributed by atoms with Gasteiger partial charge in [-0.3, -0.25) is 0 Å². The highest BCUT2D eigenvalue weighted by molar-refractivity contribution is 6.08. The second-order valence-corrected chi connectivity index (χ2v) is 6.80. The number of carboxylic acid groups (broad SMARTS) is 1. The molecule has 0 atom stereocenters. The molecule has 0 fully saturated rings. The molecule has 4 aromatic rings. The van der Waals surface area contributed by atoms with Gasteiger partial charge in [-0.05, 0) is 55.3 Å². The van der Waals surface area contributed by atoms with Crippen molar-refractivity contribution in [3.8, 4) is 0 Å². The number of carboxylic acids is 1. The fraction of sp³-hybridized carbons (Fsp3) is 0.174. The van der Waals surface area contributed by atoms with Crippen molar-refractivity contribution in [2.75, 3.05) is 5.32 Å². The maximum atomic E-state index is 11.2. The summed E-state index contributed by atoms with van der Waals surface area (Å²) in [5.41, 5.74) is 5.84. The van der Waals surface area contributed by atoms with Gasteiger partial charge in [0.1, 0.15) is 0 Å². The number of benzene rings is 3. The Bertz CT molecular complexity index is 1160. The van der Waals surface area contributed by atoms with Gasteiger partial charge >= 0.3 is 5.97 Å². The number of anilines is 1. The molecular formula is C23H22N2O2. The molecule has 0 aliphatic heterocycles. The van der Waals surface area contributed by atoms with Crippen LogP contribution in [0.4, 0.5) is 5.69 Å². The van der Waals surface area contributed by atoms with Gasteiger partial charge in [-0.25, -0.2) is 4.79 Å². The lowest BCUT2D eigenvalue weighted by atomic mass is 10.1. The fourth-order valence-corrected chi connectivity index (χ4v) is 3.69. The van der Waals surface area contributed by atoms with E-state index < -0.39 is 5.97 Å². The maximum Gasteiger partial charge on any atom is 0.335 e.